The van der Waals surface area contributed by atoms with Crippen LogP contribution in [0.5, 0.6) is 0 Å². The van der Waals surface area contributed by atoms with Gasteiger partial charge in [-0.25, -0.2) is 12.8 Å². The lowest BCUT2D eigenvalue weighted by Crippen LogP contribution is -2.40. The number of hydrogen-bond donors (Lipinski definition) is 2. The van der Waals surface area contributed by atoms with Crippen molar-refractivity contribution < 1.29 is 27.5 Å². The van der Waals surface area contributed by atoms with Crippen LogP contribution in [0.1, 0.15) is 19.8 Å². The third-order valence-corrected chi connectivity index (χ3v) is 5.25. The fourth-order valence-electron chi connectivity index (χ4n) is 2.36. The summed E-state index contributed by atoms with van der Waals surface area (Å²) in [4.78, 5) is 21.9. The van der Waals surface area contributed by atoms with Crippen molar-refractivity contribution in [2.45, 2.75) is 30.7 Å². The second-order valence-corrected chi connectivity index (χ2v) is 6.83. The summed E-state index contributed by atoms with van der Waals surface area (Å²) in [5, 5.41) is 11.3. The number of nitrogens with one attached hydrogen (secondary N) is 1. The van der Waals surface area contributed by atoms with Gasteiger partial charge in [0.2, 0.25) is 15.9 Å². The van der Waals surface area contributed by atoms with Crippen LogP contribution < -0.4 is 5.32 Å². The number of carboxylic acid groups (broad SMARTS) is 1. The quantitative estimate of drug-likeness (QED) is 0.858. The van der Waals surface area contributed by atoms with Crippen molar-refractivity contribution in [2.75, 3.05) is 11.9 Å². The molecule has 0 aromatic heterocycles. The Labute approximate surface area is 126 Å². The van der Waals surface area contributed by atoms with E-state index < -0.39 is 33.8 Å². The molecule has 0 bridgehead atoms. The van der Waals surface area contributed by atoms with E-state index in [9.17, 15) is 22.4 Å². The lowest BCUT2D eigenvalue weighted by molar-refractivity contribution is -0.140. The summed E-state index contributed by atoms with van der Waals surface area (Å²) in [6.07, 6.45) is 0.671. The Morgan fingerprint density at radius 2 is 2.09 bits per heavy atom. The number of anilines is 1. The minimum atomic E-state index is -4.07. The molecule has 1 unspecified atom stereocenters. The van der Waals surface area contributed by atoms with E-state index in [1.54, 1.807) is 0 Å². The van der Waals surface area contributed by atoms with Crippen LogP contribution in [0.4, 0.5) is 10.1 Å². The van der Waals surface area contributed by atoms with E-state index in [0.29, 0.717) is 6.42 Å². The fraction of sp³-hybridized carbons (Fsp3) is 0.385. The molecule has 0 spiro atoms. The van der Waals surface area contributed by atoms with E-state index in [2.05, 4.69) is 5.32 Å². The average Bonchev–Trinajstić information content (AvgIpc) is 2.90. The molecule has 1 aromatic carbocycles. The summed E-state index contributed by atoms with van der Waals surface area (Å²) in [7, 11) is -4.07. The lowest BCUT2D eigenvalue weighted by Gasteiger charge is -2.21. The molecule has 1 aliphatic rings. The number of carbonyl (C=O) groups is 2. The number of sulfonamides is 1. The molecule has 1 aromatic rings. The Morgan fingerprint density at radius 1 is 1.41 bits per heavy atom. The Balaban J connectivity index is 2.41. The van der Waals surface area contributed by atoms with Crippen LogP contribution in [0.2, 0.25) is 0 Å². The fourth-order valence-corrected chi connectivity index (χ4v) is 4.04. The predicted molar refractivity (Wildman–Crippen MR) is 75.3 cm³/mol. The zero-order chi connectivity index (χ0) is 16.5. The van der Waals surface area contributed by atoms with Gasteiger partial charge < -0.3 is 10.4 Å². The molecule has 1 fully saturated rings. The van der Waals surface area contributed by atoms with Gasteiger partial charge in [0, 0.05) is 13.5 Å². The summed E-state index contributed by atoms with van der Waals surface area (Å²) in [5.74, 6) is -2.53. The molecule has 2 N–H and O–H groups in total. The van der Waals surface area contributed by atoms with Crippen molar-refractivity contribution in [1.82, 2.24) is 4.31 Å². The summed E-state index contributed by atoms with van der Waals surface area (Å²) in [6.45, 7) is 1.26. The molecule has 120 valence electrons. The van der Waals surface area contributed by atoms with Crippen LogP contribution >= 0.6 is 0 Å². The first-order chi connectivity index (χ1) is 10.2. The van der Waals surface area contributed by atoms with Crippen LogP contribution in [-0.2, 0) is 19.6 Å². The van der Waals surface area contributed by atoms with Crippen LogP contribution in [-0.4, -0.2) is 42.3 Å². The summed E-state index contributed by atoms with van der Waals surface area (Å²) < 4.78 is 39.5. The van der Waals surface area contributed by atoms with Gasteiger partial charge in [0.25, 0.3) is 0 Å². The number of halogens is 1. The van der Waals surface area contributed by atoms with Crippen LogP contribution in [0.25, 0.3) is 0 Å². The second-order valence-electron chi connectivity index (χ2n) is 4.93. The predicted octanol–water partition coefficient (Wildman–Crippen LogP) is 1.02. The number of nitrogens with zero attached hydrogens (tertiary/aromatic N) is 1. The minimum absolute atomic E-state index is 0.0894. The zero-order valence-electron chi connectivity index (χ0n) is 11.7. The third kappa shape index (κ3) is 3.09. The maximum absolute atomic E-state index is 13.6. The smallest absolute Gasteiger partial charge is 0.322 e. The maximum Gasteiger partial charge on any atom is 0.322 e. The SMILES string of the molecule is CC(=O)Nc1cc(S(=O)(=O)N2CCCC2C(=O)O)ccc1F. The first kappa shape index (κ1) is 16.4. The van der Waals surface area contributed by atoms with E-state index in [0.717, 1.165) is 22.5 Å². The maximum atomic E-state index is 13.6. The molecular formula is C13H15FN2O5S. The second kappa shape index (κ2) is 6.01. The Morgan fingerprint density at radius 3 is 2.68 bits per heavy atom. The minimum Gasteiger partial charge on any atom is -0.480 e. The van der Waals surface area contributed by atoms with Crippen LogP contribution in [0, 0.1) is 5.82 Å². The average molecular weight is 330 g/mol. The van der Waals surface area contributed by atoms with Crippen molar-refractivity contribution in [2.24, 2.45) is 0 Å². The molecule has 7 nitrogen and oxygen atoms in total. The molecule has 22 heavy (non-hydrogen) atoms. The van der Waals surface area contributed by atoms with Gasteiger partial charge in [-0.3, -0.25) is 9.59 Å². The molecule has 2 rings (SSSR count). The number of carboxylic acids is 1. The molecule has 1 saturated heterocycles. The van der Waals surface area contributed by atoms with Crippen molar-refractivity contribution in [3.05, 3.63) is 24.0 Å². The van der Waals surface area contributed by atoms with Gasteiger partial charge in [-0.15, -0.1) is 0 Å². The number of benzene rings is 1. The highest BCUT2D eigenvalue weighted by Gasteiger charge is 2.39. The van der Waals surface area contributed by atoms with Gasteiger partial charge in [-0.1, -0.05) is 0 Å². The van der Waals surface area contributed by atoms with Gasteiger partial charge in [0.15, 0.2) is 0 Å². The number of amides is 1. The number of rotatable bonds is 4. The zero-order valence-corrected chi connectivity index (χ0v) is 12.6. The first-order valence-electron chi connectivity index (χ1n) is 6.55. The van der Waals surface area contributed by atoms with Crippen LogP contribution in [0.3, 0.4) is 0 Å². The molecule has 1 heterocycles. The lowest BCUT2D eigenvalue weighted by atomic mass is 10.2. The summed E-state index contributed by atoms with van der Waals surface area (Å²) in [5.41, 5.74) is -0.264. The molecule has 9 heteroatoms. The normalized spacial score (nSPS) is 19.1. The van der Waals surface area contributed by atoms with Gasteiger partial charge in [0.1, 0.15) is 11.9 Å². The molecule has 0 radical (unpaired) electrons. The standard InChI is InChI=1S/C13H15FN2O5S/c1-8(17)15-11-7-9(4-5-10(11)14)22(20,21)16-6-2-3-12(16)13(18)19/h4-5,7,12H,2-3,6H2,1H3,(H,15,17)(H,18,19). The van der Waals surface area contributed by atoms with Crippen molar-refractivity contribution >= 4 is 27.6 Å². The van der Waals surface area contributed by atoms with Gasteiger partial charge in [0.05, 0.1) is 10.6 Å². The van der Waals surface area contributed by atoms with E-state index >= 15 is 0 Å². The molecular weight excluding hydrogens is 315 g/mol. The van der Waals surface area contributed by atoms with E-state index in [1.807, 2.05) is 0 Å². The third-order valence-electron chi connectivity index (χ3n) is 3.34. The van der Waals surface area contributed by atoms with E-state index in [4.69, 9.17) is 5.11 Å². The largest absolute Gasteiger partial charge is 0.480 e. The van der Waals surface area contributed by atoms with Gasteiger partial charge >= 0.3 is 5.97 Å². The van der Waals surface area contributed by atoms with Crippen molar-refractivity contribution in [3.8, 4) is 0 Å². The highest BCUT2D eigenvalue weighted by Crippen LogP contribution is 2.28. The summed E-state index contributed by atoms with van der Waals surface area (Å²) >= 11 is 0. The highest BCUT2D eigenvalue weighted by molar-refractivity contribution is 7.89. The Hall–Kier alpha value is -2.00. The Kier molecular flexibility index (Phi) is 4.47. The Bertz CT molecular complexity index is 719. The molecule has 0 saturated carbocycles. The molecule has 1 amide bonds. The number of carbonyl (C=O) groups excluding carboxylic acids is 1. The van der Waals surface area contributed by atoms with Crippen molar-refractivity contribution in [1.29, 1.82) is 0 Å². The summed E-state index contributed by atoms with van der Waals surface area (Å²) in [6, 6.07) is 1.83. The molecule has 0 aliphatic carbocycles. The van der Waals surface area contributed by atoms with Gasteiger partial charge in [-0.2, -0.15) is 4.31 Å². The molecule has 1 atom stereocenters. The monoisotopic (exact) mass is 330 g/mol. The van der Waals surface area contributed by atoms with Gasteiger partial charge in [-0.05, 0) is 31.0 Å². The highest BCUT2D eigenvalue weighted by atomic mass is 32.2. The van der Waals surface area contributed by atoms with Crippen LogP contribution in [0.15, 0.2) is 23.1 Å². The van der Waals surface area contributed by atoms with E-state index in [1.165, 1.54) is 6.92 Å². The first-order valence-corrected chi connectivity index (χ1v) is 7.99. The number of aliphatic carboxylic acids is 1. The van der Waals surface area contributed by atoms with E-state index in [-0.39, 0.29) is 23.5 Å². The molecule has 1 aliphatic heterocycles. The number of hydrogen-bond acceptors (Lipinski definition) is 4. The van der Waals surface area contributed by atoms with Crippen molar-refractivity contribution in [3.63, 3.8) is 0 Å². The topological polar surface area (TPSA) is 104 Å².